The molecule has 0 amide bonds. The van der Waals surface area contributed by atoms with E-state index in [0.717, 1.165) is 31.4 Å². The third kappa shape index (κ3) is 2.65. The van der Waals surface area contributed by atoms with Crippen LogP contribution in [0.3, 0.4) is 0 Å². The summed E-state index contributed by atoms with van der Waals surface area (Å²) in [7, 11) is 0. The molecule has 1 heteroatoms. The van der Waals surface area contributed by atoms with E-state index in [0.29, 0.717) is 0 Å². The summed E-state index contributed by atoms with van der Waals surface area (Å²) in [6.45, 7) is 0. The molecule has 0 saturated heterocycles. The van der Waals surface area contributed by atoms with E-state index in [1.165, 1.54) is 35.1 Å². The highest BCUT2D eigenvalue weighted by molar-refractivity contribution is 5.48. The number of rotatable bonds is 2. The largest absolute Gasteiger partial charge is 0.399 e. The Balaban J connectivity index is 1.82. The van der Waals surface area contributed by atoms with Crippen molar-refractivity contribution in [3.05, 3.63) is 70.5 Å². The molecule has 0 aromatic heterocycles. The van der Waals surface area contributed by atoms with Gasteiger partial charge in [-0.25, -0.2) is 0 Å². The predicted octanol–water partition coefficient (Wildman–Crippen LogP) is 4.47. The second-order valence-electron chi connectivity index (χ2n) is 5.42. The molecule has 2 N–H and O–H groups in total. The first-order chi connectivity index (χ1) is 9.34. The molecule has 0 aromatic carbocycles. The second-order valence-corrected chi connectivity index (χ2v) is 5.42. The lowest BCUT2D eigenvalue weighted by Crippen LogP contribution is -2.08. The maximum absolute atomic E-state index is 6.10. The van der Waals surface area contributed by atoms with Crippen LogP contribution in [0.1, 0.15) is 38.5 Å². The summed E-state index contributed by atoms with van der Waals surface area (Å²) in [4.78, 5) is 0. The van der Waals surface area contributed by atoms with Crippen molar-refractivity contribution in [2.45, 2.75) is 38.5 Å². The van der Waals surface area contributed by atoms with Crippen LogP contribution >= 0.6 is 0 Å². The van der Waals surface area contributed by atoms with Gasteiger partial charge in [0.2, 0.25) is 0 Å². The SMILES string of the molecule is NC1=C(C2=CC=C(C3=CC=CCC3)CC2)CCC=C1. The van der Waals surface area contributed by atoms with Crippen molar-refractivity contribution in [3.63, 3.8) is 0 Å². The standard InChI is InChI=1S/C18H21N/c19-18-9-5-4-8-17(18)16-12-10-15(11-13-16)14-6-2-1-3-7-14/h1-2,5-6,9-10,12H,3-4,7-8,11,13,19H2. The molecule has 3 aliphatic rings. The van der Waals surface area contributed by atoms with Crippen molar-refractivity contribution in [2.75, 3.05) is 0 Å². The molecule has 1 nitrogen and oxygen atoms in total. The number of hydrogen-bond acceptors (Lipinski definition) is 1. The summed E-state index contributed by atoms with van der Waals surface area (Å²) < 4.78 is 0. The highest BCUT2D eigenvalue weighted by Gasteiger charge is 2.15. The lowest BCUT2D eigenvalue weighted by atomic mass is 9.84. The van der Waals surface area contributed by atoms with E-state index in [9.17, 15) is 0 Å². The Labute approximate surface area is 115 Å². The summed E-state index contributed by atoms with van der Waals surface area (Å²) >= 11 is 0. The molecule has 3 aliphatic carbocycles. The Kier molecular flexibility index (Phi) is 3.54. The van der Waals surface area contributed by atoms with E-state index in [2.05, 4.69) is 42.5 Å². The molecule has 0 spiro atoms. The molecule has 19 heavy (non-hydrogen) atoms. The average Bonchev–Trinajstić information content (AvgIpc) is 2.49. The monoisotopic (exact) mass is 251 g/mol. The van der Waals surface area contributed by atoms with Crippen molar-refractivity contribution in [1.82, 2.24) is 0 Å². The highest BCUT2D eigenvalue weighted by Crippen LogP contribution is 2.33. The minimum absolute atomic E-state index is 0.967. The summed E-state index contributed by atoms with van der Waals surface area (Å²) in [5.41, 5.74) is 12.9. The number of nitrogens with two attached hydrogens (primary N) is 1. The fourth-order valence-corrected chi connectivity index (χ4v) is 3.06. The van der Waals surface area contributed by atoms with E-state index in [-0.39, 0.29) is 0 Å². The zero-order chi connectivity index (χ0) is 13.1. The van der Waals surface area contributed by atoms with Crippen LogP contribution in [-0.2, 0) is 0 Å². The predicted molar refractivity (Wildman–Crippen MR) is 81.4 cm³/mol. The van der Waals surface area contributed by atoms with Crippen LogP contribution in [0.4, 0.5) is 0 Å². The molecule has 0 atom stereocenters. The maximum Gasteiger partial charge on any atom is 0.0346 e. The smallest absolute Gasteiger partial charge is 0.0346 e. The van der Waals surface area contributed by atoms with Crippen LogP contribution in [0.25, 0.3) is 0 Å². The van der Waals surface area contributed by atoms with Crippen molar-refractivity contribution in [1.29, 1.82) is 0 Å². The molecule has 0 unspecified atom stereocenters. The molecule has 0 radical (unpaired) electrons. The molecule has 0 aromatic rings. The zero-order valence-corrected chi connectivity index (χ0v) is 11.4. The maximum atomic E-state index is 6.10. The summed E-state index contributed by atoms with van der Waals surface area (Å²) in [6, 6.07) is 0. The topological polar surface area (TPSA) is 26.0 Å². The molecule has 3 rings (SSSR count). The van der Waals surface area contributed by atoms with Gasteiger partial charge in [-0.15, -0.1) is 0 Å². The van der Waals surface area contributed by atoms with E-state index in [4.69, 9.17) is 5.73 Å². The lowest BCUT2D eigenvalue weighted by Gasteiger charge is -2.22. The molecule has 0 bridgehead atoms. The third-order valence-corrected chi connectivity index (χ3v) is 4.17. The average molecular weight is 251 g/mol. The van der Waals surface area contributed by atoms with Gasteiger partial charge >= 0.3 is 0 Å². The van der Waals surface area contributed by atoms with E-state index < -0.39 is 0 Å². The minimum atomic E-state index is 0.967. The fraction of sp³-hybridized carbons (Fsp3) is 0.333. The van der Waals surface area contributed by atoms with Gasteiger partial charge in [-0.1, -0.05) is 36.5 Å². The van der Waals surface area contributed by atoms with Gasteiger partial charge in [0.1, 0.15) is 0 Å². The van der Waals surface area contributed by atoms with Crippen LogP contribution in [-0.4, -0.2) is 0 Å². The molecule has 98 valence electrons. The van der Waals surface area contributed by atoms with Crippen LogP contribution in [0.5, 0.6) is 0 Å². The molecule has 0 saturated carbocycles. The van der Waals surface area contributed by atoms with Crippen molar-refractivity contribution < 1.29 is 0 Å². The first-order valence-corrected chi connectivity index (χ1v) is 7.26. The summed E-state index contributed by atoms with van der Waals surface area (Å²) in [5, 5.41) is 0. The summed E-state index contributed by atoms with van der Waals surface area (Å²) in [6.07, 6.45) is 22.4. The Morgan fingerprint density at radius 3 is 2.16 bits per heavy atom. The van der Waals surface area contributed by atoms with Gasteiger partial charge < -0.3 is 5.73 Å². The van der Waals surface area contributed by atoms with Gasteiger partial charge in [-0.05, 0) is 66.9 Å². The molecule has 0 heterocycles. The van der Waals surface area contributed by atoms with E-state index >= 15 is 0 Å². The Hall–Kier alpha value is -1.76. The fourth-order valence-electron chi connectivity index (χ4n) is 3.06. The normalized spacial score (nSPS) is 23.1. The Morgan fingerprint density at radius 2 is 1.47 bits per heavy atom. The highest BCUT2D eigenvalue weighted by atomic mass is 14.6. The van der Waals surface area contributed by atoms with E-state index in [1.54, 1.807) is 0 Å². The van der Waals surface area contributed by atoms with Crippen LogP contribution in [0.2, 0.25) is 0 Å². The van der Waals surface area contributed by atoms with Crippen molar-refractivity contribution in [3.8, 4) is 0 Å². The molecule has 0 fully saturated rings. The van der Waals surface area contributed by atoms with E-state index in [1.807, 2.05) is 0 Å². The Morgan fingerprint density at radius 1 is 0.737 bits per heavy atom. The zero-order valence-electron chi connectivity index (χ0n) is 11.4. The quantitative estimate of drug-likeness (QED) is 0.769. The molecular formula is C18H21N. The van der Waals surface area contributed by atoms with Gasteiger partial charge in [0, 0.05) is 5.70 Å². The lowest BCUT2D eigenvalue weighted by molar-refractivity contribution is 0.842. The number of allylic oxidation sites excluding steroid dienone is 11. The Bertz CT molecular complexity index is 550. The van der Waals surface area contributed by atoms with Gasteiger partial charge in [0.15, 0.2) is 0 Å². The van der Waals surface area contributed by atoms with Crippen molar-refractivity contribution >= 4 is 0 Å². The minimum Gasteiger partial charge on any atom is -0.399 e. The van der Waals surface area contributed by atoms with Gasteiger partial charge in [0.05, 0.1) is 0 Å². The van der Waals surface area contributed by atoms with Crippen LogP contribution < -0.4 is 5.73 Å². The molecular weight excluding hydrogens is 230 g/mol. The van der Waals surface area contributed by atoms with Crippen LogP contribution in [0, 0.1) is 0 Å². The third-order valence-electron chi connectivity index (χ3n) is 4.17. The van der Waals surface area contributed by atoms with Gasteiger partial charge in [-0.2, -0.15) is 0 Å². The first kappa shape index (κ1) is 12.3. The number of hydrogen-bond donors (Lipinski definition) is 1. The van der Waals surface area contributed by atoms with Crippen LogP contribution in [0.15, 0.2) is 70.5 Å². The van der Waals surface area contributed by atoms with Crippen molar-refractivity contribution in [2.24, 2.45) is 5.73 Å². The first-order valence-electron chi connectivity index (χ1n) is 7.26. The molecule has 0 aliphatic heterocycles. The van der Waals surface area contributed by atoms with Gasteiger partial charge in [0.25, 0.3) is 0 Å². The van der Waals surface area contributed by atoms with Gasteiger partial charge in [-0.3, -0.25) is 0 Å². The summed E-state index contributed by atoms with van der Waals surface area (Å²) in [5.74, 6) is 0. The second kappa shape index (κ2) is 5.48.